The molecule has 0 unspecified atom stereocenters. The second-order valence-electron chi connectivity index (χ2n) is 8.06. The molecule has 1 amide bonds. The molecule has 1 aromatic carbocycles. The van der Waals surface area contributed by atoms with Crippen molar-refractivity contribution in [2.45, 2.75) is 50.8 Å². The normalized spacial score (nSPS) is 21.9. The summed E-state index contributed by atoms with van der Waals surface area (Å²) in [6.45, 7) is 3.13. The summed E-state index contributed by atoms with van der Waals surface area (Å²) in [6, 6.07) is 9.05. The van der Waals surface area contributed by atoms with E-state index in [1.54, 1.807) is 0 Å². The second kappa shape index (κ2) is 8.28. The van der Waals surface area contributed by atoms with Gasteiger partial charge < -0.3 is 4.90 Å². The predicted octanol–water partition coefficient (Wildman–Crippen LogP) is 2.26. The van der Waals surface area contributed by atoms with Crippen molar-refractivity contribution in [2.24, 2.45) is 5.92 Å². The van der Waals surface area contributed by atoms with Crippen molar-refractivity contribution in [3.63, 3.8) is 0 Å². The van der Waals surface area contributed by atoms with Crippen LogP contribution < -0.4 is 4.72 Å². The van der Waals surface area contributed by atoms with Crippen LogP contribution in [0.4, 0.5) is 0 Å². The molecule has 2 atom stereocenters. The number of sulfonamides is 1. The molecule has 7 nitrogen and oxygen atoms in total. The van der Waals surface area contributed by atoms with E-state index < -0.39 is 10.0 Å². The summed E-state index contributed by atoms with van der Waals surface area (Å²) in [5, 5.41) is 7.27. The number of carbonyl (C=O) groups excluding carboxylic acids is 1. The fraction of sp³-hybridized carbons (Fsp3) is 0.524. The molecule has 1 aliphatic heterocycles. The topological polar surface area (TPSA) is 95.2 Å². The zero-order valence-corrected chi connectivity index (χ0v) is 17.5. The number of H-pyrrole nitrogens is 1. The largest absolute Gasteiger partial charge is 0.337 e. The van der Waals surface area contributed by atoms with Gasteiger partial charge in [-0.2, -0.15) is 5.10 Å². The maximum atomic E-state index is 13.0. The smallest absolute Gasteiger partial charge is 0.274 e. The summed E-state index contributed by atoms with van der Waals surface area (Å²) < 4.78 is 28.2. The molecule has 29 heavy (non-hydrogen) atoms. The van der Waals surface area contributed by atoms with E-state index in [1.165, 1.54) is 0 Å². The minimum Gasteiger partial charge on any atom is -0.337 e. The van der Waals surface area contributed by atoms with Crippen LogP contribution in [0.3, 0.4) is 0 Å². The number of fused-ring (bicyclic) bond motifs is 1. The molecule has 2 aromatic rings. The monoisotopic (exact) mass is 416 g/mol. The van der Waals surface area contributed by atoms with Gasteiger partial charge in [0.05, 0.1) is 5.75 Å². The average molecular weight is 417 g/mol. The number of amides is 1. The average Bonchev–Trinajstić information content (AvgIpc) is 3.31. The SMILES string of the molecule is CC[C@@H]1CN(C(=O)c2n[nH]c3c2CCC3)CC[C@@H]1NS(=O)(=O)Cc1ccccc1. The first-order valence-electron chi connectivity index (χ1n) is 10.4. The van der Waals surface area contributed by atoms with E-state index in [1.807, 2.05) is 42.2 Å². The molecule has 0 radical (unpaired) electrons. The highest BCUT2D eigenvalue weighted by atomic mass is 32.2. The van der Waals surface area contributed by atoms with E-state index in [0.29, 0.717) is 25.2 Å². The zero-order chi connectivity index (χ0) is 20.4. The Morgan fingerprint density at radius 1 is 1.28 bits per heavy atom. The van der Waals surface area contributed by atoms with Gasteiger partial charge in [-0.1, -0.05) is 43.7 Å². The first kappa shape index (κ1) is 20.1. The molecule has 8 heteroatoms. The van der Waals surface area contributed by atoms with Crippen LogP contribution in [-0.2, 0) is 28.6 Å². The Labute approximate surface area is 171 Å². The van der Waals surface area contributed by atoms with Crippen LogP contribution in [0.1, 0.15) is 53.5 Å². The summed E-state index contributed by atoms with van der Waals surface area (Å²) in [5.74, 6) is 0.0294. The lowest BCUT2D eigenvalue weighted by Crippen LogP contribution is -2.52. The lowest BCUT2D eigenvalue weighted by molar-refractivity contribution is 0.0634. The molecule has 0 spiro atoms. The van der Waals surface area contributed by atoms with Gasteiger partial charge in [-0.05, 0) is 37.2 Å². The summed E-state index contributed by atoms with van der Waals surface area (Å²) in [4.78, 5) is 14.9. The molecule has 0 bridgehead atoms. The van der Waals surface area contributed by atoms with Crippen LogP contribution in [0.5, 0.6) is 0 Å². The van der Waals surface area contributed by atoms with Crippen LogP contribution >= 0.6 is 0 Å². The minimum atomic E-state index is -3.44. The first-order chi connectivity index (χ1) is 14.0. The van der Waals surface area contributed by atoms with Crippen molar-refractivity contribution in [3.05, 3.63) is 52.8 Å². The van der Waals surface area contributed by atoms with Gasteiger partial charge in [0.25, 0.3) is 5.91 Å². The highest BCUT2D eigenvalue weighted by Gasteiger charge is 2.35. The highest BCUT2D eigenvalue weighted by Crippen LogP contribution is 2.27. The Balaban J connectivity index is 1.41. The fourth-order valence-electron chi connectivity index (χ4n) is 4.50. The van der Waals surface area contributed by atoms with Crippen molar-refractivity contribution < 1.29 is 13.2 Å². The number of aryl methyl sites for hydroxylation is 1. The molecule has 2 N–H and O–H groups in total. The zero-order valence-electron chi connectivity index (χ0n) is 16.7. The highest BCUT2D eigenvalue weighted by molar-refractivity contribution is 7.88. The second-order valence-corrected chi connectivity index (χ2v) is 9.81. The number of likely N-dealkylation sites (tertiary alicyclic amines) is 1. The molecular weight excluding hydrogens is 388 g/mol. The number of hydrogen-bond acceptors (Lipinski definition) is 4. The molecule has 1 aliphatic carbocycles. The van der Waals surface area contributed by atoms with E-state index in [0.717, 1.165) is 42.5 Å². The first-order valence-corrected chi connectivity index (χ1v) is 12.0. The molecule has 1 fully saturated rings. The van der Waals surface area contributed by atoms with E-state index in [4.69, 9.17) is 0 Å². The number of nitrogens with zero attached hydrogens (tertiary/aromatic N) is 2. The number of rotatable bonds is 6. The third-order valence-corrected chi connectivity index (χ3v) is 7.46. The summed E-state index contributed by atoms with van der Waals surface area (Å²) >= 11 is 0. The Kier molecular flexibility index (Phi) is 5.74. The number of aromatic amines is 1. The minimum absolute atomic E-state index is 0.0250. The standard InChI is InChI=1S/C21H28N4O3S/c1-2-16-13-25(21(26)20-17-9-6-10-19(17)22-23-20)12-11-18(16)24-29(27,28)14-15-7-4-3-5-8-15/h3-5,7-8,16,18,24H,2,6,9-14H2,1H3,(H,22,23)/t16-,18+/m1/s1. The number of piperidine rings is 1. The molecule has 156 valence electrons. The molecule has 2 heterocycles. The van der Waals surface area contributed by atoms with E-state index in [2.05, 4.69) is 14.9 Å². The summed E-state index contributed by atoms with van der Waals surface area (Å²) in [5.41, 5.74) is 3.47. The predicted molar refractivity (Wildman–Crippen MR) is 111 cm³/mol. The van der Waals surface area contributed by atoms with Gasteiger partial charge in [-0.25, -0.2) is 13.1 Å². The van der Waals surface area contributed by atoms with Crippen molar-refractivity contribution in [3.8, 4) is 0 Å². The lowest BCUT2D eigenvalue weighted by atomic mass is 9.90. The summed E-state index contributed by atoms with van der Waals surface area (Å²) in [7, 11) is -3.44. The Morgan fingerprint density at radius 3 is 2.83 bits per heavy atom. The number of nitrogens with one attached hydrogen (secondary N) is 2. The van der Waals surface area contributed by atoms with E-state index in [-0.39, 0.29) is 23.6 Å². The maximum absolute atomic E-state index is 13.0. The van der Waals surface area contributed by atoms with Crippen molar-refractivity contribution >= 4 is 15.9 Å². The van der Waals surface area contributed by atoms with Crippen molar-refractivity contribution in [1.29, 1.82) is 0 Å². The molecule has 2 aliphatic rings. The van der Waals surface area contributed by atoms with Gasteiger partial charge >= 0.3 is 0 Å². The lowest BCUT2D eigenvalue weighted by Gasteiger charge is -2.38. The number of carbonyl (C=O) groups is 1. The van der Waals surface area contributed by atoms with Crippen molar-refractivity contribution in [1.82, 2.24) is 19.8 Å². The molecule has 4 rings (SSSR count). The van der Waals surface area contributed by atoms with Crippen LogP contribution in [0.15, 0.2) is 30.3 Å². The molecule has 1 saturated heterocycles. The third kappa shape index (κ3) is 4.38. The van der Waals surface area contributed by atoms with E-state index in [9.17, 15) is 13.2 Å². The summed E-state index contributed by atoms with van der Waals surface area (Å²) in [6.07, 6.45) is 4.34. The maximum Gasteiger partial charge on any atom is 0.274 e. The number of aromatic nitrogens is 2. The van der Waals surface area contributed by atoms with Gasteiger partial charge in [-0.15, -0.1) is 0 Å². The van der Waals surface area contributed by atoms with Gasteiger partial charge in [0.2, 0.25) is 10.0 Å². The molecular formula is C21H28N4O3S. The van der Waals surface area contributed by atoms with Gasteiger partial charge in [0.15, 0.2) is 5.69 Å². The van der Waals surface area contributed by atoms with Gasteiger partial charge in [-0.3, -0.25) is 9.89 Å². The fourth-order valence-corrected chi connectivity index (χ4v) is 5.98. The third-order valence-electron chi connectivity index (χ3n) is 6.08. The van der Waals surface area contributed by atoms with E-state index >= 15 is 0 Å². The Hall–Kier alpha value is -2.19. The van der Waals surface area contributed by atoms with Crippen LogP contribution in [-0.4, -0.2) is 48.6 Å². The quantitative estimate of drug-likeness (QED) is 0.755. The number of benzene rings is 1. The van der Waals surface area contributed by atoms with Crippen LogP contribution in [0, 0.1) is 5.92 Å². The van der Waals surface area contributed by atoms with Gasteiger partial charge in [0.1, 0.15) is 0 Å². The van der Waals surface area contributed by atoms with Crippen molar-refractivity contribution in [2.75, 3.05) is 13.1 Å². The Morgan fingerprint density at radius 2 is 2.07 bits per heavy atom. The number of hydrogen-bond donors (Lipinski definition) is 2. The molecule has 1 aromatic heterocycles. The van der Waals surface area contributed by atoms with Gasteiger partial charge in [0, 0.05) is 30.4 Å². The van der Waals surface area contributed by atoms with Crippen LogP contribution in [0.2, 0.25) is 0 Å². The Bertz CT molecular complexity index is 971. The molecule has 0 saturated carbocycles. The van der Waals surface area contributed by atoms with Crippen LogP contribution in [0.25, 0.3) is 0 Å².